The molecule has 1 atom stereocenters. The second-order valence-corrected chi connectivity index (χ2v) is 13.2. The molecule has 21 heavy (non-hydrogen) atoms. The maximum absolute atomic E-state index is 2.61. The molecule has 0 N–H and O–H groups in total. The molecule has 1 nitrogen and oxygen atoms in total. The molecule has 0 aliphatic carbocycles. The molecule has 1 aromatic carbocycles. The van der Waals surface area contributed by atoms with Crippen LogP contribution in [0.4, 0.5) is 0 Å². The second kappa shape index (κ2) is 5.71. The smallest absolute Gasteiger partial charge is 0.0775 e. The molecular formula is C18H25NSSi. The predicted molar refractivity (Wildman–Crippen MR) is 96.3 cm³/mol. The molecular weight excluding hydrogens is 290 g/mol. The number of hydrogen-bond donors (Lipinski definition) is 0. The summed E-state index contributed by atoms with van der Waals surface area (Å²) < 4.78 is 0. The van der Waals surface area contributed by atoms with E-state index >= 15 is 0 Å². The van der Waals surface area contributed by atoms with E-state index in [4.69, 9.17) is 0 Å². The number of rotatable bonds is 3. The lowest BCUT2D eigenvalue weighted by molar-refractivity contribution is 0.191. The minimum atomic E-state index is -1.17. The Morgan fingerprint density at radius 1 is 1.14 bits per heavy atom. The fourth-order valence-electron chi connectivity index (χ4n) is 3.12. The predicted octanol–water partition coefficient (Wildman–Crippen LogP) is 4.41. The van der Waals surface area contributed by atoms with Crippen LogP contribution in [0.5, 0.6) is 0 Å². The number of fused-ring (bicyclic) bond motifs is 1. The van der Waals surface area contributed by atoms with Crippen molar-refractivity contribution in [2.75, 3.05) is 6.54 Å². The van der Waals surface area contributed by atoms with Gasteiger partial charge in [-0.1, -0.05) is 49.1 Å². The van der Waals surface area contributed by atoms with Gasteiger partial charge >= 0.3 is 0 Å². The summed E-state index contributed by atoms with van der Waals surface area (Å²) >= 11 is 1.92. The molecule has 0 saturated heterocycles. The standard InChI is InChI=1S/C18H25NSSi/c1-14-17-10-12-20-18(17)9-11-19(14)13-15-5-7-16(8-6-15)21(2,3)4/h5-8,10,12,14H,9,11,13H2,1-4H3. The van der Waals surface area contributed by atoms with Gasteiger partial charge in [0.15, 0.2) is 0 Å². The van der Waals surface area contributed by atoms with Crippen molar-refractivity contribution in [1.82, 2.24) is 4.90 Å². The third-order valence-corrected chi connectivity index (χ3v) is 7.67. The molecule has 3 heteroatoms. The first-order valence-electron chi connectivity index (χ1n) is 7.85. The van der Waals surface area contributed by atoms with E-state index in [-0.39, 0.29) is 0 Å². The maximum Gasteiger partial charge on any atom is 0.0775 e. The van der Waals surface area contributed by atoms with Crippen LogP contribution in [-0.4, -0.2) is 19.5 Å². The normalized spacial score (nSPS) is 19.5. The van der Waals surface area contributed by atoms with E-state index < -0.39 is 8.07 Å². The largest absolute Gasteiger partial charge is 0.292 e. The second-order valence-electron chi connectivity index (χ2n) is 7.14. The Hall–Kier alpha value is -0.903. The first kappa shape index (κ1) is 15.0. The molecule has 3 rings (SSSR count). The Morgan fingerprint density at radius 3 is 2.52 bits per heavy atom. The number of nitrogens with zero attached hydrogens (tertiary/aromatic N) is 1. The summed E-state index contributed by atoms with van der Waals surface area (Å²) in [5.74, 6) is 0. The lowest BCUT2D eigenvalue weighted by atomic mass is 10.0. The highest BCUT2D eigenvalue weighted by atomic mass is 32.1. The van der Waals surface area contributed by atoms with Crippen molar-refractivity contribution in [3.8, 4) is 0 Å². The van der Waals surface area contributed by atoms with Crippen LogP contribution < -0.4 is 5.19 Å². The molecule has 0 fully saturated rings. The third kappa shape index (κ3) is 3.15. The molecule has 2 aromatic rings. The van der Waals surface area contributed by atoms with Crippen molar-refractivity contribution >= 4 is 24.6 Å². The van der Waals surface area contributed by atoms with Crippen LogP contribution in [0.3, 0.4) is 0 Å². The van der Waals surface area contributed by atoms with Crippen LogP contribution in [0.1, 0.15) is 29.0 Å². The van der Waals surface area contributed by atoms with Crippen molar-refractivity contribution in [3.63, 3.8) is 0 Å². The molecule has 0 radical (unpaired) electrons. The molecule has 0 bridgehead atoms. The minimum absolute atomic E-state index is 0.552. The SMILES string of the molecule is CC1c2ccsc2CCN1Cc1ccc([Si](C)(C)C)cc1. The van der Waals surface area contributed by atoms with Gasteiger partial charge in [-0.15, -0.1) is 11.3 Å². The Morgan fingerprint density at radius 2 is 1.86 bits per heavy atom. The summed E-state index contributed by atoms with van der Waals surface area (Å²) in [6.45, 7) is 11.8. The van der Waals surface area contributed by atoms with Gasteiger partial charge in [0.05, 0.1) is 8.07 Å². The van der Waals surface area contributed by atoms with E-state index in [9.17, 15) is 0 Å². The highest BCUT2D eigenvalue weighted by Crippen LogP contribution is 2.33. The van der Waals surface area contributed by atoms with Crippen LogP contribution in [0.25, 0.3) is 0 Å². The van der Waals surface area contributed by atoms with Gasteiger partial charge in [-0.05, 0) is 35.9 Å². The lowest BCUT2D eigenvalue weighted by Gasteiger charge is -2.33. The van der Waals surface area contributed by atoms with E-state index in [0.717, 1.165) is 6.54 Å². The molecule has 0 amide bonds. The van der Waals surface area contributed by atoms with E-state index in [1.807, 2.05) is 11.3 Å². The van der Waals surface area contributed by atoms with Crippen molar-refractivity contribution in [2.45, 2.75) is 45.6 Å². The Balaban J connectivity index is 1.73. The van der Waals surface area contributed by atoms with Crippen molar-refractivity contribution in [2.24, 2.45) is 0 Å². The summed E-state index contributed by atoms with van der Waals surface area (Å²) in [7, 11) is -1.17. The third-order valence-electron chi connectivity index (χ3n) is 4.61. The average Bonchev–Trinajstić information content (AvgIpc) is 2.91. The first-order valence-corrected chi connectivity index (χ1v) is 12.2. The van der Waals surface area contributed by atoms with Crippen LogP contribution >= 0.6 is 11.3 Å². The van der Waals surface area contributed by atoms with Crippen molar-refractivity contribution in [1.29, 1.82) is 0 Å². The molecule has 1 aliphatic heterocycles. The zero-order valence-corrected chi connectivity index (χ0v) is 15.3. The molecule has 112 valence electrons. The van der Waals surface area contributed by atoms with Gasteiger partial charge in [0.25, 0.3) is 0 Å². The highest BCUT2D eigenvalue weighted by molar-refractivity contribution is 7.10. The monoisotopic (exact) mass is 315 g/mol. The van der Waals surface area contributed by atoms with Gasteiger partial charge < -0.3 is 0 Å². The van der Waals surface area contributed by atoms with Gasteiger partial charge in [-0.2, -0.15) is 0 Å². The zero-order valence-electron chi connectivity index (χ0n) is 13.5. The van der Waals surface area contributed by atoms with E-state index in [2.05, 4.69) is 67.2 Å². The van der Waals surface area contributed by atoms with E-state index in [1.54, 1.807) is 15.6 Å². The van der Waals surface area contributed by atoms with Gasteiger partial charge in [-0.25, -0.2) is 0 Å². The van der Waals surface area contributed by atoms with Gasteiger partial charge in [0.1, 0.15) is 0 Å². The van der Waals surface area contributed by atoms with Crippen LogP contribution in [0, 0.1) is 0 Å². The minimum Gasteiger partial charge on any atom is -0.292 e. The number of hydrogen-bond acceptors (Lipinski definition) is 2. The summed E-state index contributed by atoms with van der Waals surface area (Å²) in [6, 6.07) is 12.2. The van der Waals surface area contributed by atoms with Gasteiger partial charge in [0, 0.05) is 24.0 Å². The average molecular weight is 316 g/mol. The zero-order chi connectivity index (χ0) is 15.0. The topological polar surface area (TPSA) is 3.24 Å². The molecule has 0 saturated carbocycles. The molecule has 2 heterocycles. The first-order chi connectivity index (χ1) is 9.95. The fraction of sp³-hybridized carbons (Fsp3) is 0.444. The Labute approximate surface area is 133 Å². The molecule has 1 aromatic heterocycles. The summed E-state index contributed by atoms with van der Waals surface area (Å²) in [5.41, 5.74) is 2.99. The van der Waals surface area contributed by atoms with Gasteiger partial charge in [0.2, 0.25) is 0 Å². The van der Waals surface area contributed by atoms with E-state index in [0.29, 0.717) is 6.04 Å². The summed E-state index contributed by atoms with van der Waals surface area (Å²) in [6.07, 6.45) is 1.21. The lowest BCUT2D eigenvalue weighted by Crippen LogP contribution is -2.37. The summed E-state index contributed by atoms with van der Waals surface area (Å²) in [4.78, 5) is 4.20. The van der Waals surface area contributed by atoms with E-state index in [1.165, 1.54) is 18.5 Å². The molecule has 0 spiro atoms. The quantitative estimate of drug-likeness (QED) is 0.758. The van der Waals surface area contributed by atoms with Gasteiger partial charge in [-0.3, -0.25) is 4.90 Å². The molecule has 1 unspecified atom stereocenters. The van der Waals surface area contributed by atoms with Crippen molar-refractivity contribution < 1.29 is 0 Å². The molecule has 1 aliphatic rings. The fourth-order valence-corrected chi connectivity index (χ4v) is 5.25. The van der Waals surface area contributed by atoms with Crippen LogP contribution in [0.15, 0.2) is 35.7 Å². The van der Waals surface area contributed by atoms with Crippen molar-refractivity contribution in [3.05, 3.63) is 51.7 Å². The van der Waals surface area contributed by atoms with Crippen LogP contribution in [0.2, 0.25) is 19.6 Å². The maximum atomic E-state index is 2.61. The van der Waals surface area contributed by atoms with Crippen LogP contribution in [-0.2, 0) is 13.0 Å². The number of benzene rings is 1. The summed E-state index contributed by atoms with van der Waals surface area (Å²) in [5, 5.41) is 3.80. The Bertz CT molecular complexity index is 609. The highest BCUT2D eigenvalue weighted by Gasteiger charge is 2.24. The Kier molecular flexibility index (Phi) is 4.08. The number of thiophene rings is 1.